The van der Waals surface area contributed by atoms with Gasteiger partial charge in [0.05, 0.1) is 0 Å². The van der Waals surface area contributed by atoms with Crippen molar-refractivity contribution in [1.82, 2.24) is 10.6 Å². The molecule has 0 heterocycles. The molecule has 0 aliphatic heterocycles. The quantitative estimate of drug-likeness (QED) is 0.381. The van der Waals surface area contributed by atoms with Gasteiger partial charge in [-0.25, -0.2) is 0 Å². The first-order valence-corrected chi connectivity index (χ1v) is 8.47. The fourth-order valence-electron chi connectivity index (χ4n) is 2.32. The first kappa shape index (κ1) is 20.4. The fraction of sp³-hybridized carbons (Fsp3) is 0.667. The van der Waals surface area contributed by atoms with Crippen molar-refractivity contribution < 1.29 is 9.59 Å². The van der Waals surface area contributed by atoms with Crippen LogP contribution in [-0.4, -0.2) is 24.4 Å². The lowest BCUT2D eigenvalue weighted by Crippen LogP contribution is -2.32. The van der Waals surface area contributed by atoms with Crippen molar-refractivity contribution in [3.8, 4) is 0 Å². The van der Waals surface area contributed by atoms with E-state index in [2.05, 4.69) is 30.7 Å². The van der Waals surface area contributed by atoms with Crippen LogP contribution < -0.4 is 10.6 Å². The van der Waals surface area contributed by atoms with Crippen molar-refractivity contribution in [2.75, 3.05) is 6.54 Å². The van der Waals surface area contributed by atoms with Crippen LogP contribution >= 0.6 is 0 Å². The minimum atomic E-state index is -0.0889. The highest BCUT2D eigenvalue weighted by Crippen LogP contribution is 2.11. The normalized spacial score (nSPS) is 11.5. The number of amides is 2. The summed E-state index contributed by atoms with van der Waals surface area (Å²) in [5.41, 5.74) is 0. The summed E-state index contributed by atoms with van der Waals surface area (Å²) in [6, 6.07) is 0.277. The van der Waals surface area contributed by atoms with Crippen LogP contribution in [-0.2, 0) is 9.59 Å². The van der Waals surface area contributed by atoms with Crippen molar-refractivity contribution in [1.29, 1.82) is 0 Å². The largest absolute Gasteiger partial charge is 0.353 e. The van der Waals surface area contributed by atoms with Gasteiger partial charge < -0.3 is 10.6 Å². The molecular formula is C18H32N2O2. The van der Waals surface area contributed by atoms with Crippen LogP contribution in [0.5, 0.6) is 0 Å². The van der Waals surface area contributed by atoms with Crippen LogP contribution in [0, 0.1) is 0 Å². The Morgan fingerprint density at radius 3 is 2.00 bits per heavy atom. The number of carbonyl (C=O) groups excluding carboxylic acids is 2. The van der Waals surface area contributed by atoms with Gasteiger partial charge in [-0.15, -0.1) is 0 Å². The van der Waals surface area contributed by atoms with Crippen LogP contribution in [0.4, 0.5) is 0 Å². The van der Waals surface area contributed by atoms with Crippen LogP contribution in [0.1, 0.15) is 64.7 Å². The summed E-state index contributed by atoms with van der Waals surface area (Å²) in [7, 11) is 0. The van der Waals surface area contributed by atoms with Crippen molar-refractivity contribution in [3.05, 3.63) is 25.3 Å². The van der Waals surface area contributed by atoms with Crippen molar-refractivity contribution >= 4 is 11.8 Å². The molecule has 0 spiro atoms. The lowest BCUT2D eigenvalue weighted by atomic mass is 10.0. The third-order valence-corrected chi connectivity index (χ3v) is 3.74. The monoisotopic (exact) mass is 308 g/mol. The van der Waals surface area contributed by atoms with Gasteiger partial charge in [0.2, 0.25) is 11.8 Å². The summed E-state index contributed by atoms with van der Waals surface area (Å²) in [6.45, 7) is 9.73. The van der Waals surface area contributed by atoms with Crippen molar-refractivity contribution in [2.45, 2.75) is 70.8 Å². The molecule has 2 amide bonds. The summed E-state index contributed by atoms with van der Waals surface area (Å²) in [4.78, 5) is 22.2. The summed E-state index contributed by atoms with van der Waals surface area (Å²) in [5.74, 6) is -0.163. The van der Waals surface area contributed by atoms with Gasteiger partial charge in [0.1, 0.15) is 0 Å². The molecule has 22 heavy (non-hydrogen) atoms. The van der Waals surface area contributed by atoms with Gasteiger partial charge in [-0.05, 0) is 31.4 Å². The Morgan fingerprint density at radius 2 is 1.45 bits per heavy atom. The van der Waals surface area contributed by atoms with E-state index < -0.39 is 0 Å². The molecule has 0 saturated heterocycles. The zero-order valence-corrected chi connectivity index (χ0v) is 14.0. The smallest absolute Gasteiger partial charge is 0.243 e. The zero-order chi connectivity index (χ0) is 16.6. The number of rotatable bonds is 14. The molecule has 0 aromatic carbocycles. The molecule has 1 atom stereocenters. The second-order valence-corrected chi connectivity index (χ2v) is 5.58. The predicted molar refractivity (Wildman–Crippen MR) is 92.6 cm³/mol. The number of nitrogens with one attached hydrogen (secondary N) is 2. The second-order valence-electron chi connectivity index (χ2n) is 5.58. The maximum Gasteiger partial charge on any atom is 0.243 e. The van der Waals surface area contributed by atoms with Gasteiger partial charge in [0.25, 0.3) is 0 Å². The number of carbonyl (C=O) groups is 2. The molecule has 0 aromatic rings. The van der Waals surface area contributed by atoms with Crippen LogP contribution in [0.25, 0.3) is 0 Å². The summed E-state index contributed by atoms with van der Waals surface area (Å²) < 4.78 is 0. The molecule has 0 bridgehead atoms. The highest BCUT2D eigenvalue weighted by molar-refractivity contribution is 5.87. The van der Waals surface area contributed by atoms with E-state index in [1.54, 1.807) is 0 Å². The highest BCUT2D eigenvalue weighted by Gasteiger charge is 2.07. The average Bonchev–Trinajstić information content (AvgIpc) is 2.54. The van der Waals surface area contributed by atoms with E-state index in [-0.39, 0.29) is 17.9 Å². The molecule has 0 aromatic heterocycles. The Bertz CT molecular complexity index is 340. The summed E-state index contributed by atoms with van der Waals surface area (Å²) in [6.07, 6.45) is 12.9. The van der Waals surface area contributed by atoms with E-state index in [1.165, 1.54) is 37.8 Å². The van der Waals surface area contributed by atoms with E-state index in [0.717, 1.165) is 38.6 Å². The molecule has 4 heteroatoms. The zero-order valence-electron chi connectivity index (χ0n) is 14.0. The van der Waals surface area contributed by atoms with E-state index in [4.69, 9.17) is 0 Å². The van der Waals surface area contributed by atoms with Crippen LogP contribution in [0.15, 0.2) is 25.3 Å². The molecule has 126 valence electrons. The number of hydrogen-bond acceptors (Lipinski definition) is 2. The lowest BCUT2D eigenvalue weighted by molar-refractivity contribution is -0.117. The van der Waals surface area contributed by atoms with Gasteiger partial charge in [-0.3, -0.25) is 9.59 Å². The van der Waals surface area contributed by atoms with E-state index in [1.807, 2.05) is 0 Å². The molecule has 2 N–H and O–H groups in total. The summed E-state index contributed by atoms with van der Waals surface area (Å²) >= 11 is 0. The maximum absolute atomic E-state index is 11.2. The summed E-state index contributed by atoms with van der Waals surface area (Å²) in [5, 5.41) is 5.74. The lowest BCUT2D eigenvalue weighted by Gasteiger charge is -2.15. The standard InChI is InChI=1S/C18H32N2O2/c1-4-16(20-18(22)6-3)14-12-10-8-7-9-11-13-15-19-17(21)5-2/h5-6,16H,2-4,7-15H2,1H3,(H,19,21)(H,20,22). The van der Waals surface area contributed by atoms with Crippen LogP contribution in [0.2, 0.25) is 0 Å². The Kier molecular flexibility index (Phi) is 13.3. The molecule has 0 fully saturated rings. The van der Waals surface area contributed by atoms with Gasteiger partial charge in [-0.2, -0.15) is 0 Å². The second kappa shape index (κ2) is 14.4. The molecule has 0 saturated carbocycles. The predicted octanol–water partition coefficient (Wildman–Crippen LogP) is 3.49. The average molecular weight is 308 g/mol. The number of unbranched alkanes of at least 4 members (excludes halogenated alkanes) is 6. The molecule has 0 rings (SSSR count). The number of hydrogen-bond donors (Lipinski definition) is 2. The molecule has 0 radical (unpaired) electrons. The van der Waals surface area contributed by atoms with E-state index >= 15 is 0 Å². The Labute approximate surface area is 135 Å². The molecule has 0 aliphatic rings. The maximum atomic E-state index is 11.2. The molecule has 0 aliphatic carbocycles. The first-order valence-electron chi connectivity index (χ1n) is 8.47. The Balaban J connectivity index is 3.38. The SMILES string of the molecule is C=CC(=O)NCCCCCCCCCC(CC)NC(=O)C=C. The van der Waals surface area contributed by atoms with Gasteiger partial charge in [0.15, 0.2) is 0 Å². The Hall–Kier alpha value is -1.58. The highest BCUT2D eigenvalue weighted by atomic mass is 16.2. The molecule has 4 nitrogen and oxygen atoms in total. The van der Waals surface area contributed by atoms with Crippen molar-refractivity contribution in [3.63, 3.8) is 0 Å². The van der Waals surface area contributed by atoms with Gasteiger partial charge >= 0.3 is 0 Å². The van der Waals surface area contributed by atoms with Gasteiger partial charge in [0, 0.05) is 12.6 Å². The van der Waals surface area contributed by atoms with Crippen LogP contribution in [0.3, 0.4) is 0 Å². The topological polar surface area (TPSA) is 58.2 Å². The third kappa shape index (κ3) is 12.2. The third-order valence-electron chi connectivity index (χ3n) is 3.74. The van der Waals surface area contributed by atoms with E-state index in [9.17, 15) is 9.59 Å². The Morgan fingerprint density at radius 1 is 0.909 bits per heavy atom. The van der Waals surface area contributed by atoms with Crippen molar-refractivity contribution in [2.24, 2.45) is 0 Å². The minimum absolute atomic E-state index is 0.0737. The molecular weight excluding hydrogens is 276 g/mol. The first-order chi connectivity index (χ1) is 10.6. The minimum Gasteiger partial charge on any atom is -0.353 e. The van der Waals surface area contributed by atoms with E-state index in [0.29, 0.717) is 0 Å². The fourth-order valence-corrected chi connectivity index (χ4v) is 2.32. The van der Waals surface area contributed by atoms with Gasteiger partial charge in [-0.1, -0.05) is 58.6 Å². The molecule has 1 unspecified atom stereocenters.